The van der Waals surface area contributed by atoms with Gasteiger partial charge in [-0.15, -0.1) is 0 Å². The Kier molecular flexibility index (Phi) is 4.80. The van der Waals surface area contributed by atoms with Crippen LogP contribution < -0.4 is 9.62 Å². The van der Waals surface area contributed by atoms with Gasteiger partial charge in [-0.05, 0) is 56.4 Å². The number of nitrogens with zero attached hydrogens (tertiary/aromatic N) is 1. The average Bonchev–Trinajstić information content (AvgIpc) is 3.21. The molecular formula is C16H24N2O3S. The van der Waals surface area contributed by atoms with Crippen LogP contribution in [0.5, 0.6) is 0 Å². The lowest BCUT2D eigenvalue weighted by atomic mass is 10.1. The van der Waals surface area contributed by atoms with E-state index in [1.165, 1.54) is 4.31 Å². The highest BCUT2D eigenvalue weighted by molar-refractivity contribution is 7.92. The molecule has 6 heteroatoms. The first-order valence-corrected chi connectivity index (χ1v) is 9.46. The highest BCUT2D eigenvalue weighted by atomic mass is 32.2. The van der Waals surface area contributed by atoms with Gasteiger partial charge in [0.15, 0.2) is 0 Å². The number of hydrogen-bond donors (Lipinski definition) is 1. The quantitative estimate of drug-likeness (QED) is 0.871. The average molecular weight is 324 g/mol. The zero-order valence-electron chi connectivity index (χ0n) is 13.6. The predicted molar refractivity (Wildman–Crippen MR) is 88.5 cm³/mol. The molecule has 1 aromatic carbocycles. The van der Waals surface area contributed by atoms with Crippen LogP contribution in [0.2, 0.25) is 0 Å². The fourth-order valence-electron chi connectivity index (χ4n) is 2.45. The van der Waals surface area contributed by atoms with E-state index in [1.807, 2.05) is 32.9 Å². The standard InChI is InChI=1S/C16H24N2O3S/c1-5-15(16(19)17-13-7-8-13)18(22(4,20)21)14-9-6-11(2)12(3)10-14/h6,9-10,13,15H,5,7-8H2,1-4H3,(H,17,19). The fraction of sp³-hybridized carbons (Fsp3) is 0.562. The summed E-state index contributed by atoms with van der Waals surface area (Å²) in [6.07, 6.45) is 3.53. The molecule has 0 bridgehead atoms. The second-order valence-electron chi connectivity index (χ2n) is 6.03. The van der Waals surface area contributed by atoms with Crippen LogP contribution in [0.25, 0.3) is 0 Å². The second-order valence-corrected chi connectivity index (χ2v) is 7.89. The maximum atomic E-state index is 12.4. The van der Waals surface area contributed by atoms with Crippen LogP contribution in [0.4, 0.5) is 5.69 Å². The van der Waals surface area contributed by atoms with E-state index >= 15 is 0 Å². The third kappa shape index (κ3) is 3.80. The van der Waals surface area contributed by atoms with Gasteiger partial charge in [-0.3, -0.25) is 9.10 Å². The van der Waals surface area contributed by atoms with Crippen LogP contribution in [-0.2, 0) is 14.8 Å². The Hall–Kier alpha value is -1.56. The third-order valence-electron chi connectivity index (χ3n) is 4.00. The number of carbonyl (C=O) groups is 1. The van der Waals surface area contributed by atoms with E-state index in [2.05, 4.69) is 5.32 Å². The van der Waals surface area contributed by atoms with Crippen LogP contribution in [0, 0.1) is 13.8 Å². The number of aryl methyl sites for hydroxylation is 2. The lowest BCUT2D eigenvalue weighted by Gasteiger charge is -2.30. The molecule has 1 aliphatic carbocycles. The Labute approximate surface area is 132 Å². The molecule has 1 unspecified atom stereocenters. The zero-order chi connectivity index (χ0) is 16.5. The Morgan fingerprint density at radius 3 is 2.41 bits per heavy atom. The fourth-order valence-corrected chi connectivity index (χ4v) is 3.65. The zero-order valence-corrected chi connectivity index (χ0v) is 14.4. The van der Waals surface area contributed by atoms with Crippen LogP contribution in [0.15, 0.2) is 18.2 Å². The largest absolute Gasteiger partial charge is 0.352 e. The monoisotopic (exact) mass is 324 g/mol. The van der Waals surface area contributed by atoms with Crippen molar-refractivity contribution in [2.75, 3.05) is 10.6 Å². The first kappa shape index (κ1) is 16.8. The van der Waals surface area contributed by atoms with E-state index < -0.39 is 16.1 Å². The molecule has 1 amide bonds. The number of carbonyl (C=O) groups excluding carboxylic acids is 1. The highest BCUT2D eigenvalue weighted by Gasteiger charge is 2.34. The molecule has 1 saturated carbocycles. The van der Waals surface area contributed by atoms with Gasteiger partial charge in [0.25, 0.3) is 0 Å². The lowest BCUT2D eigenvalue weighted by molar-refractivity contribution is -0.122. The van der Waals surface area contributed by atoms with Gasteiger partial charge in [0, 0.05) is 6.04 Å². The van der Waals surface area contributed by atoms with Gasteiger partial charge in [0.05, 0.1) is 11.9 Å². The van der Waals surface area contributed by atoms with E-state index in [0.717, 1.165) is 30.2 Å². The van der Waals surface area contributed by atoms with Crippen molar-refractivity contribution < 1.29 is 13.2 Å². The summed E-state index contributed by atoms with van der Waals surface area (Å²) < 4.78 is 25.8. The topological polar surface area (TPSA) is 66.5 Å². The summed E-state index contributed by atoms with van der Waals surface area (Å²) in [6.45, 7) is 5.74. The molecule has 0 saturated heterocycles. The summed E-state index contributed by atoms with van der Waals surface area (Å²) >= 11 is 0. The van der Waals surface area contributed by atoms with Gasteiger partial charge in [-0.2, -0.15) is 0 Å². The van der Waals surface area contributed by atoms with Crippen LogP contribution in [0.1, 0.15) is 37.3 Å². The molecular weight excluding hydrogens is 300 g/mol. The normalized spacial score (nSPS) is 16.2. The summed E-state index contributed by atoms with van der Waals surface area (Å²) in [5.74, 6) is -0.214. The van der Waals surface area contributed by atoms with Gasteiger partial charge in [0.1, 0.15) is 6.04 Å². The maximum Gasteiger partial charge on any atom is 0.244 e. The molecule has 5 nitrogen and oxygen atoms in total. The van der Waals surface area contributed by atoms with E-state index in [-0.39, 0.29) is 11.9 Å². The number of anilines is 1. The van der Waals surface area contributed by atoms with Crippen LogP contribution in [-0.4, -0.2) is 32.7 Å². The summed E-state index contributed by atoms with van der Waals surface area (Å²) in [7, 11) is -3.55. The van der Waals surface area contributed by atoms with Crippen molar-refractivity contribution in [1.82, 2.24) is 5.32 Å². The minimum absolute atomic E-state index is 0.211. The number of hydrogen-bond acceptors (Lipinski definition) is 3. The Morgan fingerprint density at radius 1 is 1.32 bits per heavy atom. The van der Waals surface area contributed by atoms with Crippen LogP contribution >= 0.6 is 0 Å². The third-order valence-corrected chi connectivity index (χ3v) is 5.18. The SMILES string of the molecule is CCC(C(=O)NC1CC1)N(c1ccc(C)c(C)c1)S(C)(=O)=O. The number of amides is 1. The molecule has 22 heavy (non-hydrogen) atoms. The molecule has 1 aliphatic rings. The summed E-state index contributed by atoms with van der Waals surface area (Å²) in [5, 5.41) is 2.91. The van der Waals surface area contributed by atoms with Crippen molar-refractivity contribution in [2.24, 2.45) is 0 Å². The summed E-state index contributed by atoms with van der Waals surface area (Å²) in [5.41, 5.74) is 2.64. The van der Waals surface area contributed by atoms with Crippen LogP contribution in [0.3, 0.4) is 0 Å². The first-order chi connectivity index (χ1) is 10.2. The van der Waals surface area contributed by atoms with Gasteiger partial charge < -0.3 is 5.32 Å². The van der Waals surface area contributed by atoms with Crippen molar-refractivity contribution >= 4 is 21.6 Å². The molecule has 2 rings (SSSR count). The summed E-state index contributed by atoms with van der Waals surface area (Å²) in [6, 6.07) is 4.97. The van der Waals surface area contributed by atoms with E-state index in [0.29, 0.717) is 12.1 Å². The van der Waals surface area contributed by atoms with Gasteiger partial charge in [-0.1, -0.05) is 13.0 Å². The molecule has 1 fully saturated rings. The molecule has 0 radical (unpaired) electrons. The van der Waals surface area contributed by atoms with Crippen molar-refractivity contribution in [1.29, 1.82) is 0 Å². The summed E-state index contributed by atoms with van der Waals surface area (Å²) in [4.78, 5) is 12.4. The predicted octanol–water partition coefficient (Wildman–Crippen LogP) is 2.13. The molecule has 0 spiro atoms. The smallest absolute Gasteiger partial charge is 0.244 e. The number of sulfonamides is 1. The molecule has 122 valence electrons. The minimum Gasteiger partial charge on any atom is -0.352 e. The lowest BCUT2D eigenvalue weighted by Crippen LogP contribution is -2.49. The number of nitrogens with one attached hydrogen (secondary N) is 1. The van der Waals surface area contributed by atoms with Gasteiger partial charge in [0.2, 0.25) is 15.9 Å². The maximum absolute atomic E-state index is 12.4. The Morgan fingerprint density at radius 2 is 1.95 bits per heavy atom. The van der Waals surface area contributed by atoms with E-state index in [1.54, 1.807) is 6.07 Å². The molecule has 0 aliphatic heterocycles. The van der Waals surface area contributed by atoms with Gasteiger partial charge in [-0.25, -0.2) is 8.42 Å². The molecule has 0 heterocycles. The van der Waals surface area contributed by atoms with Gasteiger partial charge >= 0.3 is 0 Å². The van der Waals surface area contributed by atoms with E-state index in [4.69, 9.17) is 0 Å². The molecule has 1 aromatic rings. The number of rotatable bonds is 6. The molecule has 0 aromatic heterocycles. The Bertz CT molecular complexity index is 666. The van der Waals surface area contributed by atoms with E-state index in [9.17, 15) is 13.2 Å². The van der Waals surface area contributed by atoms with Crippen molar-refractivity contribution in [2.45, 2.75) is 52.1 Å². The molecule has 1 atom stereocenters. The van der Waals surface area contributed by atoms with Crippen molar-refractivity contribution in [3.05, 3.63) is 29.3 Å². The second kappa shape index (κ2) is 6.28. The highest BCUT2D eigenvalue weighted by Crippen LogP contribution is 2.26. The first-order valence-electron chi connectivity index (χ1n) is 7.61. The molecule has 1 N–H and O–H groups in total. The van der Waals surface area contributed by atoms with Crippen molar-refractivity contribution in [3.63, 3.8) is 0 Å². The van der Waals surface area contributed by atoms with Crippen molar-refractivity contribution in [3.8, 4) is 0 Å². The number of benzene rings is 1. The minimum atomic E-state index is -3.55. The Balaban J connectivity index is 2.39.